The number of fused-ring (bicyclic) bond motifs is 3. The van der Waals surface area contributed by atoms with E-state index in [0.29, 0.717) is 29.6 Å². The van der Waals surface area contributed by atoms with E-state index >= 15 is 0 Å². The van der Waals surface area contributed by atoms with Crippen molar-refractivity contribution in [3.8, 4) is 11.5 Å². The summed E-state index contributed by atoms with van der Waals surface area (Å²) in [4.78, 5) is 17.1. The van der Waals surface area contributed by atoms with E-state index in [0.717, 1.165) is 27.6 Å². The Balaban J connectivity index is 1.56. The van der Waals surface area contributed by atoms with Gasteiger partial charge in [0.15, 0.2) is 16.6 Å². The Morgan fingerprint density at radius 1 is 0.966 bits per heavy atom. The lowest BCUT2D eigenvalue weighted by atomic mass is 9.94. The summed E-state index contributed by atoms with van der Waals surface area (Å²) in [5.74, 6) is 1.39. The largest absolute Gasteiger partial charge is 0.493 e. The minimum Gasteiger partial charge on any atom is -0.493 e. The number of amides is 1. The molecule has 2 heterocycles. The smallest absolute Gasteiger partial charge is 0.256 e. The van der Waals surface area contributed by atoms with Crippen LogP contribution in [0.2, 0.25) is 0 Å². The van der Waals surface area contributed by atoms with Gasteiger partial charge in [0.2, 0.25) is 0 Å². The van der Waals surface area contributed by atoms with Gasteiger partial charge in [-0.15, -0.1) is 0 Å². The lowest BCUT2D eigenvalue weighted by Gasteiger charge is -2.31. The molecule has 2 aliphatic rings. The fourth-order valence-corrected chi connectivity index (χ4v) is 4.71. The van der Waals surface area contributed by atoms with Gasteiger partial charge in [-0.3, -0.25) is 9.69 Å². The molecule has 29 heavy (non-hydrogen) atoms. The first-order chi connectivity index (χ1) is 14.1. The standard InChI is InChI=1S/C23H20N2O3S/c1-27-20-11-15-10-19-22(26)25(18-9-5-7-14-6-3-4-8-17(14)18)23(29)24(19)13-16(15)12-21(20)28-2/h3-9,11-12,19H,10,13H2,1-2H3/t19-/m1/s1. The molecule has 1 amide bonds. The maximum Gasteiger partial charge on any atom is 0.256 e. The molecule has 3 aromatic rings. The van der Waals surface area contributed by atoms with Crippen molar-refractivity contribution in [1.82, 2.24) is 4.90 Å². The topological polar surface area (TPSA) is 42.0 Å². The van der Waals surface area contributed by atoms with Crippen molar-refractivity contribution in [1.29, 1.82) is 0 Å². The van der Waals surface area contributed by atoms with Crippen LogP contribution in [0.5, 0.6) is 11.5 Å². The van der Waals surface area contributed by atoms with Gasteiger partial charge in [0.05, 0.1) is 19.9 Å². The van der Waals surface area contributed by atoms with Crippen molar-refractivity contribution >= 4 is 39.7 Å². The summed E-state index contributed by atoms with van der Waals surface area (Å²) in [7, 11) is 3.25. The first-order valence-corrected chi connectivity index (χ1v) is 9.89. The van der Waals surface area contributed by atoms with E-state index in [4.69, 9.17) is 21.7 Å². The summed E-state index contributed by atoms with van der Waals surface area (Å²) in [6.45, 7) is 0.576. The van der Waals surface area contributed by atoms with E-state index < -0.39 is 0 Å². The average Bonchev–Trinajstić information content (AvgIpc) is 3.00. The number of carbonyl (C=O) groups excluding carboxylic acids is 1. The average molecular weight is 404 g/mol. The van der Waals surface area contributed by atoms with Gasteiger partial charge in [0.25, 0.3) is 5.91 Å². The van der Waals surface area contributed by atoms with Gasteiger partial charge in [-0.05, 0) is 46.9 Å². The quantitative estimate of drug-likeness (QED) is 0.619. The molecule has 146 valence electrons. The summed E-state index contributed by atoms with van der Waals surface area (Å²) in [5.41, 5.74) is 3.04. The molecular weight excluding hydrogens is 384 g/mol. The van der Waals surface area contributed by atoms with E-state index in [2.05, 4.69) is 0 Å². The van der Waals surface area contributed by atoms with Gasteiger partial charge in [0.1, 0.15) is 6.04 Å². The van der Waals surface area contributed by atoms with Gasteiger partial charge >= 0.3 is 0 Å². The molecule has 6 heteroatoms. The van der Waals surface area contributed by atoms with E-state index in [1.165, 1.54) is 0 Å². The summed E-state index contributed by atoms with van der Waals surface area (Å²) in [6.07, 6.45) is 0.593. The molecule has 0 bridgehead atoms. The van der Waals surface area contributed by atoms with Crippen molar-refractivity contribution in [3.63, 3.8) is 0 Å². The third-order valence-corrected chi connectivity index (χ3v) is 6.20. The zero-order valence-electron chi connectivity index (χ0n) is 16.2. The van der Waals surface area contributed by atoms with Crippen molar-refractivity contribution in [2.24, 2.45) is 0 Å². The Bertz CT molecular complexity index is 1100. The van der Waals surface area contributed by atoms with Gasteiger partial charge in [-0.2, -0.15) is 0 Å². The van der Waals surface area contributed by atoms with E-state index in [1.54, 1.807) is 19.1 Å². The molecule has 0 spiro atoms. The molecule has 5 rings (SSSR count). The van der Waals surface area contributed by atoms with Crippen molar-refractivity contribution in [3.05, 3.63) is 65.7 Å². The van der Waals surface area contributed by atoms with E-state index in [9.17, 15) is 4.79 Å². The fraction of sp³-hybridized carbons (Fsp3) is 0.217. The molecule has 0 N–H and O–H groups in total. The minimum absolute atomic E-state index is 0.0202. The van der Waals surface area contributed by atoms with Gasteiger partial charge in [-0.1, -0.05) is 36.4 Å². The summed E-state index contributed by atoms with van der Waals surface area (Å²) >= 11 is 5.77. The molecule has 0 aliphatic carbocycles. The molecule has 1 fully saturated rings. The zero-order chi connectivity index (χ0) is 20.1. The second-order valence-corrected chi connectivity index (χ2v) is 7.64. The third kappa shape index (κ3) is 2.67. The Labute approximate surface area is 174 Å². The number of rotatable bonds is 3. The third-order valence-electron chi connectivity index (χ3n) is 5.79. The van der Waals surface area contributed by atoms with E-state index in [1.807, 2.05) is 59.5 Å². The van der Waals surface area contributed by atoms with Crippen LogP contribution < -0.4 is 14.4 Å². The highest BCUT2D eigenvalue weighted by Crippen LogP contribution is 2.39. The Kier molecular flexibility index (Phi) is 4.17. The monoisotopic (exact) mass is 404 g/mol. The molecule has 1 atom stereocenters. The van der Waals surface area contributed by atoms with Crippen LogP contribution in [0.15, 0.2) is 54.6 Å². The molecule has 2 aliphatic heterocycles. The van der Waals surface area contributed by atoms with Crippen molar-refractivity contribution < 1.29 is 14.3 Å². The highest BCUT2D eigenvalue weighted by Gasteiger charge is 2.46. The highest BCUT2D eigenvalue weighted by atomic mass is 32.1. The number of hydrogen-bond donors (Lipinski definition) is 0. The Morgan fingerprint density at radius 3 is 2.41 bits per heavy atom. The van der Waals surface area contributed by atoms with Crippen molar-refractivity contribution in [2.45, 2.75) is 19.0 Å². The normalized spacial score (nSPS) is 18.1. The number of anilines is 1. The van der Waals surface area contributed by atoms with Crippen LogP contribution in [0.4, 0.5) is 5.69 Å². The lowest BCUT2D eigenvalue weighted by molar-refractivity contribution is -0.119. The van der Waals surface area contributed by atoms with Crippen LogP contribution in [-0.4, -0.2) is 36.2 Å². The first kappa shape index (κ1) is 17.9. The maximum atomic E-state index is 13.4. The van der Waals surface area contributed by atoms with Crippen LogP contribution in [0.3, 0.4) is 0 Å². The van der Waals surface area contributed by atoms with Crippen molar-refractivity contribution in [2.75, 3.05) is 19.1 Å². The number of benzene rings is 3. The minimum atomic E-state index is -0.299. The van der Waals surface area contributed by atoms with Crippen LogP contribution >= 0.6 is 12.2 Å². The van der Waals surface area contributed by atoms with Gasteiger partial charge < -0.3 is 14.4 Å². The maximum absolute atomic E-state index is 13.4. The van der Waals surface area contributed by atoms with Crippen LogP contribution in [-0.2, 0) is 17.8 Å². The van der Waals surface area contributed by atoms with Crippen LogP contribution in [0, 0.1) is 0 Å². The number of hydrogen-bond acceptors (Lipinski definition) is 4. The van der Waals surface area contributed by atoms with Gasteiger partial charge in [0, 0.05) is 18.4 Å². The lowest BCUT2D eigenvalue weighted by Crippen LogP contribution is -2.40. The number of methoxy groups -OCH3 is 2. The number of nitrogens with zero attached hydrogens (tertiary/aromatic N) is 2. The Hall–Kier alpha value is -3.12. The predicted molar refractivity (Wildman–Crippen MR) is 117 cm³/mol. The molecule has 0 radical (unpaired) electrons. The molecule has 5 nitrogen and oxygen atoms in total. The van der Waals surface area contributed by atoms with Crippen LogP contribution in [0.1, 0.15) is 11.1 Å². The van der Waals surface area contributed by atoms with Crippen LogP contribution in [0.25, 0.3) is 10.8 Å². The second kappa shape index (κ2) is 6.74. The van der Waals surface area contributed by atoms with Gasteiger partial charge in [-0.25, -0.2) is 0 Å². The zero-order valence-corrected chi connectivity index (χ0v) is 17.0. The highest BCUT2D eigenvalue weighted by molar-refractivity contribution is 7.80. The number of carbonyl (C=O) groups is 1. The molecule has 0 saturated carbocycles. The Morgan fingerprint density at radius 2 is 1.66 bits per heavy atom. The summed E-state index contributed by atoms with van der Waals surface area (Å²) in [6, 6.07) is 17.7. The SMILES string of the molecule is COc1cc2c(cc1OC)CN1C(=S)N(c3cccc4ccccc34)C(=O)[C@H]1C2. The number of ether oxygens (including phenoxy) is 2. The van der Waals surface area contributed by atoms with E-state index in [-0.39, 0.29) is 11.9 Å². The number of thiocarbonyl (C=S) groups is 1. The molecule has 3 aromatic carbocycles. The first-order valence-electron chi connectivity index (χ1n) is 9.48. The predicted octanol–water partition coefficient (Wildman–Crippen LogP) is 3.92. The molecule has 1 saturated heterocycles. The summed E-state index contributed by atoms with van der Waals surface area (Å²) < 4.78 is 10.9. The molecule has 0 aromatic heterocycles. The molecular formula is C23H20N2O3S. The fourth-order valence-electron chi connectivity index (χ4n) is 4.33. The summed E-state index contributed by atoms with van der Waals surface area (Å²) in [5, 5.41) is 2.66. The second-order valence-electron chi connectivity index (χ2n) is 7.28. The molecule has 0 unspecified atom stereocenters.